The average molecular weight is 444 g/mol. The van der Waals surface area contributed by atoms with Crippen molar-refractivity contribution in [2.75, 3.05) is 13.6 Å². The van der Waals surface area contributed by atoms with Crippen molar-refractivity contribution in [1.82, 2.24) is 15.2 Å². The number of benzene rings is 2. The number of ether oxygens (including phenoxy) is 1. The van der Waals surface area contributed by atoms with Gasteiger partial charge in [-0.3, -0.25) is 14.6 Å². The van der Waals surface area contributed by atoms with Crippen molar-refractivity contribution in [3.63, 3.8) is 0 Å². The van der Waals surface area contributed by atoms with E-state index in [4.69, 9.17) is 4.74 Å². The lowest BCUT2D eigenvalue weighted by atomic mass is 10.0. The number of hydrogen-bond donors (Lipinski definition) is 1. The summed E-state index contributed by atoms with van der Waals surface area (Å²) < 4.78 is 5.95. The van der Waals surface area contributed by atoms with Gasteiger partial charge in [0, 0.05) is 36.7 Å². The molecule has 2 amide bonds. The lowest BCUT2D eigenvalue weighted by Gasteiger charge is -2.26. The minimum absolute atomic E-state index is 0.0616. The van der Waals surface area contributed by atoms with Gasteiger partial charge in [-0.15, -0.1) is 0 Å². The molecule has 170 valence electrons. The number of carbonyl (C=O) groups excluding carboxylic acids is 2. The Labute approximate surface area is 194 Å². The molecule has 2 aromatic carbocycles. The molecule has 1 saturated carbocycles. The number of nitrogens with one attached hydrogen (secondary N) is 1. The minimum atomic E-state index is -0.517. The summed E-state index contributed by atoms with van der Waals surface area (Å²) in [6.07, 6.45) is 1.78. The van der Waals surface area contributed by atoms with Crippen molar-refractivity contribution in [2.24, 2.45) is 0 Å². The predicted molar refractivity (Wildman–Crippen MR) is 128 cm³/mol. The molecule has 0 saturated heterocycles. The van der Waals surface area contributed by atoms with Crippen LogP contribution in [-0.2, 0) is 11.2 Å². The fourth-order valence-corrected chi connectivity index (χ4v) is 4.58. The van der Waals surface area contributed by atoms with E-state index in [1.807, 2.05) is 50.2 Å². The van der Waals surface area contributed by atoms with Crippen LogP contribution >= 0.6 is 0 Å². The summed E-state index contributed by atoms with van der Waals surface area (Å²) >= 11 is 0. The van der Waals surface area contributed by atoms with E-state index in [2.05, 4.69) is 23.3 Å². The van der Waals surface area contributed by atoms with Crippen LogP contribution < -0.4 is 10.1 Å². The Morgan fingerprint density at radius 1 is 1.09 bits per heavy atom. The molecule has 1 atom stereocenters. The molecule has 6 heteroatoms. The molecule has 5 rings (SSSR count). The monoisotopic (exact) mass is 443 g/mol. The van der Waals surface area contributed by atoms with Gasteiger partial charge in [-0.1, -0.05) is 12.1 Å². The highest BCUT2D eigenvalue weighted by Crippen LogP contribution is 2.38. The van der Waals surface area contributed by atoms with E-state index in [-0.39, 0.29) is 17.4 Å². The molecule has 1 unspecified atom stereocenters. The summed E-state index contributed by atoms with van der Waals surface area (Å²) in [4.78, 5) is 32.3. The number of pyridine rings is 1. The highest BCUT2D eigenvalue weighted by atomic mass is 16.5. The number of aryl methyl sites for hydroxylation is 3. The summed E-state index contributed by atoms with van der Waals surface area (Å²) in [5.74, 6) is 0.636. The Bertz CT molecular complexity index is 1250. The van der Waals surface area contributed by atoms with Crippen LogP contribution in [0.4, 0.5) is 0 Å². The number of amides is 2. The first-order valence-electron chi connectivity index (χ1n) is 11.4. The minimum Gasteiger partial charge on any atom is -0.480 e. The fourth-order valence-electron chi connectivity index (χ4n) is 4.58. The van der Waals surface area contributed by atoms with Crippen LogP contribution in [0.1, 0.15) is 45.6 Å². The van der Waals surface area contributed by atoms with Crippen LogP contribution in [0.5, 0.6) is 5.75 Å². The van der Waals surface area contributed by atoms with Gasteiger partial charge in [-0.05, 0) is 80.6 Å². The number of hydrogen-bond acceptors (Lipinski definition) is 4. The standard InChI is InChI=1S/C27H29N3O3/c1-16-11-21-14-24(33-23(21)12-17(16)2)25(31)29-27(9-10-27)15-30(4)26(32)20-7-8-22-19(13-20)6-5-18(3)28-22/h5-8,11-13,24H,9-10,14-15H2,1-4H3,(H,29,31). The number of nitrogens with zero attached hydrogens (tertiary/aromatic N) is 2. The Morgan fingerprint density at radius 3 is 2.61 bits per heavy atom. The van der Waals surface area contributed by atoms with Crippen molar-refractivity contribution < 1.29 is 14.3 Å². The summed E-state index contributed by atoms with van der Waals surface area (Å²) in [6.45, 7) is 6.54. The highest BCUT2D eigenvalue weighted by Gasteiger charge is 2.47. The van der Waals surface area contributed by atoms with Gasteiger partial charge in [0.25, 0.3) is 11.8 Å². The van der Waals surface area contributed by atoms with E-state index < -0.39 is 6.10 Å². The Kier molecular flexibility index (Phi) is 5.11. The number of rotatable bonds is 5. The largest absolute Gasteiger partial charge is 0.480 e. The quantitative estimate of drug-likeness (QED) is 0.650. The Hall–Kier alpha value is -3.41. The summed E-state index contributed by atoms with van der Waals surface area (Å²) in [5, 5.41) is 4.12. The number of carbonyl (C=O) groups is 2. The SMILES string of the molecule is Cc1ccc2cc(C(=O)N(C)CC3(NC(=O)C4Cc5cc(C)c(C)cc5O4)CC3)ccc2n1. The van der Waals surface area contributed by atoms with Gasteiger partial charge in [0.2, 0.25) is 0 Å². The number of aromatic nitrogens is 1. The molecule has 1 aromatic heterocycles. The molecule has 1 N–H and O–H groups in total. The van der Waals surface area contributed by atoms with Crippen LogP contribution in [0.2, 0.25) is 0 Å². The van der Waals surface area contributed by atoms with Gasteiger partial charge in [-0.25, -0.2) is 0 Å². The van der Waals surface area contributed by atoms with E-state index in [9.17, 15) is 9.59 Å². The van der Waals surface area contributed by atoms with Gasteiger partial charge in [-0.2, -0.15) is 0 Å². The molecule has 3 aromatic rings. The lowest BCUT2D eigenvalue weighted by molar-refractivity contribution is -0.128. The molecule has 33 heavy (non-hydrogen) atoms. The second kappa shape index (κ2) is 7.87. The van der Waals surface area contributed by atoms with Crippen molar-refractivity contribution >= 4 is 22.7 Å². The third kappa shape index (κ3) is 4.17. The van der Waals surface area contributed by atoms with Crippen molar-refractivity contribution in [1.29, 1.82) is 0 Å². The first-order chi connectivity index (χ1) is 15.7. The molecule has 1 aliphatic carbocycles. The third-order valence-electron chi connectivity index (χ3n) is 6.85. The molecule has 2 aliphatic rings. The molecule has 0 bridgehead atoms. The van der Waals surface area contributed by atoms with Crippen molar-refractivity contribution in [3.05, 3.63) is 70.4 Å². The first-order valence-corrected chi connectivity index (χ1v) is 11.4. The van der Waals surface area contributed by atoms with Crippen molar-refractivity contribution in [2.45, 2.75) is 51.7 Å². The molecule has 0 radical (unpaired) electrons. The van der Waals surface area contributed by atoms with Gasteiger partial charge < -0.3 is 15.0 Å². The summed E-state index contributed by atoms with van der Waals surface area (Å²) in [7, 11) is 1.79. The number of fused-ring (bicyclic) bond motifs is 2. The molecule has 1 aliphatic heterocycles. The maximum absolute atomic E-state index is 13.1. The predicted octanol–water partition coefficient (Wildman–Crippen LogP) is 3.88. The summed E-state index contributed by atoms with van der Waals surface area (Å²) in [6, 6.07) is 13.6. The van der Waals surface area contributed by atoms with Gasteiger partial charge in [0.1, 0.15) is 5.75 Å². The van der Waals surface area contributed by atoms with Crippen molar-refractivity contribution in [3.8, 4) is 5.75 Å². The Morgan fingerprint density at radius 2 is 1.85 bits per heavy atom. The van der Waals surface area contributed by atoms with Gasteiger partial charge in [0.15, 0.2) is 6.10 Å². The van der Waals surface area contributed by atoms with Crippen LogP contribution in [0.15, 0.2) is 42.5 Å². The maximum Gasteiger partial charge on any atom is 0.261 e. The van der Waals surface area contributed by atoms with E-state index >= 15 is 0 Å². The molecule has 0 spiro atoms. The van der Waals surface area contributed by atoms with Crippen LogP contribution in [-0.4, -0.2) is 46.9 Å². The van der Waals surface area contributed by atoms with E-state index in [1.165, 1.54) is 5.56 Å². The van der Waals surface area contributed by atoms with Gasteiger partial charge >= 0.3 is 0 Å². The highest BCUT2D eigenvalue weighted by molar-refractivity contribution is 5.98. The fraction of sp³-hybridized carbons (Fsp3) is 0.370. The van der Waals surface area contributed by atoms with Crippen LogP contribution in [0.25, 0.3) is 10.9 Å². The first kappa shape index (κ1) is 21.4. The summed E-state index contributed by atoms with van der Waals surface area (Å²) in [5.41, 5.74) is 5.52. The van der Waals surface area contributed by atoms with E-state index in [0.29, 0.717) is 18.5 Å². The maximum atomic E-state index is 13.1. The zero-order chi connectivity index (χ0) is 23.3. The molecular formula is C27H29N3O3. The smallest absolute Gasteiger partial charge is 0.261 e. The third-order valence-corrected chi connectivity index (χ3v) is 6.85. The normalized spacial score (nSPS) is 17.9. The van der Waals surface area contributed by atoms with E-state index in [0.717, 1.165) is 46.3 Å². The zero-order valence-corrected chi connectivity index (χ0v) is 19.6. The zero-order valence-electron chi connectivity index (χ0n) is 19.6. The molecule has 2 heterocycles. The second-order valence-corrected chi connectivity index (χ2v) is 9.65. The molecule has 6 nitrogen and oxygen atoms in total. The Balaban J connectivity index is 1.23. The average Bonchev–Trinajstić information content (AvgIpc) is 3.40. The van der Waals surface area contributed by atoms with Crippen LogP contribution in [0.3, 0.4) is 0 Å². The van der Waals surface area contributed by atoms with E-state index in [1.54, 1.807) is 11.9 Å². The molecule has 1 fully saturated rings. The number of likely N-dealkylation sites (N-methyl/N-ethyl adjacent to an activating group) is 1. The molecular weight excluding hydrogens is 414 g/mol. The van der Waals surface area contributed by atoms with Gasteiger partial charge in [0.05, 0.1) is 11.1 Å². The topological polar surface area (TPSA) is 71.5 Å². The van der Waals surface area contributed by atoms with Crippen LogP contribution in [0, 0.1) is 20.8 Å². The second-order valence-electron chi connectivity index (χ2n) is 9.65. The lowest BCUT2D eigenvalue weighted by Crippen LogP contribution is -2.50.